The lowest BCUT2D eigenvalue weighted by Crippen LogP contribution is -2.35. The standard InChI is InChI=1S/C14H16N4O2/c1-11-16-13-5-3-2-4-12(13)14(19)18(11)15-10-17-6-8-20-9-7-17/h2-5,10H,6-9H2,1H3. The molecule has 1 aliphatic rings. The molecule has 3 rings (SSSR count). The Balaban J connectivity index is 1.98. The molecular weight excluding hydrogens is 256 g/mol. The Morgan fingerprint density at radius 2 is 2.05 bits per heavy atom. The van der Waals surface area contributed by atoms with Gasteiger partial charge in [-0.05, 0) is 19.1 Å². The summed E-state index contributed by atoms with van der Waals surface area (Å²) < 4.78 is 6.62. The third-order valence-corrected chi connectivity index (χ3v) is 3.29. The van der Waals surface area contributed by atoms with Gasteiger partial charge in [-0.15, -0.1) is 0 Å². The predicted octanol–water partition coefficient (Wildman–Crippen LogP) is 0.829. The van der Waals surface area contributed by atoms with E-state index in [0.717, 1.165) is 13.1 Å². The van der Waals surface area contributed by atoms with Crippen LogP contribution in [0.15, 0.2) is 34.2 Å². The van der Waals surface area contributed by atoms with Crippen LogP contribution in [0.3, 0.4) is 0 Å². The van der Waals surface area contributed by atoms with Gasteiger partial charge >= 0.3 is 0 Å². The molecule has 0 unspecified atom stereocenters. The molecule has 0 bridgehead atoms. The van der Waals surface area contributed by atoms with Crippen molar-refractivity contribution in [2.45, 2.75) is 6.92 Å². The Bertz CT molecular complexity index is 702. The molecule has 0 atom stereocenters. The Kier molecular flexibility index (Phi) is 3.47. The molecule has 1 aliphatic heterocycles. The third kappa shape index (κ3) is 2.42. The number of morpholine rings is 1. The number of hydrogen-bond donors (Lipinski definition) is 0. The van der Waals surface area contributed by atoms with Crippen molar-refractivity contribution in [3.8, 4) is 0 Å². The normalized spacial score (nSPS) is 16.1. The summed E-state index contributed by atoms with van der Waals surface area (Å²) in [6.07, 6.45) is 1.69. The van der Waals surface area contributed by atoms with Crippen LogP contribution < -0.4 is 5.56 Å². The maximum atomic E-state index is 12.4. The largest absolute Gasteiger partial charge is 0.378 e. The lowest BCUT2D eigenvalue weighted by atomic mass is 10.2. The van der Waals surface area contributed by atoms with E-state index in [9.17, 15) is 4.79 Å². The first-order valence-corrected chi connectivity index (χ1v) is 6.60. The number of aryl methyl sites for hydroxylation is 1. The Morgan fingerprint density at radius 3 is 2.85 bits per heavy atom. The summed E-state index contributed by atoms with van der Waals surface area (Å²) in [4.78, 5) is 18.8. The number of benzene rings is 1. The van der Waals surface area contributed by atoms with Crippen LogP contribution in [0.5, 0.6) is 0 Å². The summed E-state index contributed by atoms with van der Waals surface area (Å²) in [5.41, 5.74) is 0.561. The molecule has 1 fully saturated rings. The third-order valence-electron chi connectivity index (χ3n) is 3.29. The number of hydrogen-bond acceptors (Lipinski definition) is 4. The quantitative estimate of drug-likeness (QED) is 0.600. The summed E-state index contributed by atoms with van der Waals surface area (Å²) >= 11 is 0. The topological polar surface area (TPSA) is 59.7 Å². The van der Waals surface area contributed by atoms with Crippen LogP contribution in [-0.4, -0.2) is 47.2 Å². The molecule has 104 valence electrons. The molecule has 0 spiro atoms. The summed E-state index contributed by atoms with van der Waals surface area (Å²) in [7, 11) is 0. The van der Waals surface area contributed by atoms with Crippen LogP contribution in [0, 0.1) is 6.92 Å². The number of nitrogens with zero attached hydrogens (tertiary/aromatic N) is 4. The molecule has 0 N–H and O–H groups in total. The molecule has 20 heavy (non-hydrogen) atoms. The van der Waals surface area contributed by atoms with Crippen molar-refractivity contribution in [1.29, 1.82) is 0 Å². The van der Waals surface area contributed by atoms with Gasteiger partial charge in [0.25, 0.3) is 5.56 Å². The zero-order chi connectivity index (χ0) is 13.9. The van der Waals surface area contributed by atoms with Crippen molar-refractivity contribution in [3.63, 3.8) is 0 Å². The van der Waals surface area contributed by atoms with Crippen molar-refractivity contribution in [3.05, 3.63) is 40.4 Å². The first-order chi connectivity index (χ1) is 9.75. The van der Waals surface area contributed by atoms with E-state index in [-0.39, 0.29) is 5.56 Å². The number of fused-ring (bicyclic) bond motifs is 1. The van der Waals surface area contributed by atoms with Crippen LogP contribution in [0.2, 0.25) is 0 Å². The molecule has 0 saturated carbocycles. The number of rotatable bonds is 2. The van der Waals surface area contributed by atoms with E-state index in [2.05, 4.69) is 10.1 Å². The van der Waals surface area contributed by atoms with Gasteiger partial charge in [-0.25, -0.2) is 4.98 Å². The number of para-hydroxylation sites is 1. The van der Waals surface area contributed by atoms with Crippen molar-refractivity contribution in [2.24, 2.45) is 5.10 Å². The van der Waals surface area contributed by atoms with Gasteiger partial charge in [0.05, 0.1) is 24.1 Å². The maximum Gasteiger partial charge on any atom is 0.282 e. The van der Waals surface area contributed by atoms with Crippen LogP contribution in [0.25, 0.3) is 10.9 Å². The molecule has 2 heterocycles. The molecular formula is C14H16N4O2. The fourth-order valence-corrected chi connectivity index (χ4v) is 2.19. The van der Waals surface area contributed by atoms with Crippen LogP contribution in [0.1, 0.15) is 5.82 Å². The zero-order valence-corrected chi connectivity index (χ0v) is 11.3. The van der Waals surface area contributed by atoms with Gasteiger partial charge in [0.2, 0.25) is 0 Å². The van der Waals surface area contributed by atoms with Crippen molar-refractivity contribution in [1.82, 2.24) is 14.6 Å². The molecule has 2 aromatic rings. The van der Waals surface area contributed by atoms with Gasteiger partial charge in [-0.2, -0.15) is 9.78 Å². The smallest absolute Gasteiger partial charge is 0.282 e. The van der Waals surface area contributed by atoms with Crippen molar-refractivity contribution < 1.29 is 4.74 Å². The molecule has 1 aromatic heterocycles. The highest BCUT2D eigenvalue weighted by Gasteiger charge is 2.08. The number of ether oxygens (including phenoxy) is 1. The average molecular weight is 272 g/mol. The van der Waals surface area contributed by atoms with Gasteiger partial charge in [0, 0.05) is 13.1 Å². The maximum absolute atomic E-state index is 12.4. The second kappa shape index (κ2) is 5.42. The first kappa shape index (κ1) is 12.8. The second-order valence-corrected chi connectivity index (χ2v) is 4.67. The van der Waals surface area contributed by atoms with E-state index >= 15 is 0 Å². The lowest BCUT2D eigenvalue weighted by molar-refractivity contribution is 0.0698. The summed E-state index contributed by atoms with van der Waals surface area (Å²) in [6.45, 7) is 4.74. The molecule has 6 nitrogen and oxygen atoms in total. The van der Waals surface area contributed by atoms with Gasteiger partial charge in [-0.3, -0.25) is 4.79 Å². The van der Waals surface area contributed by atoms with Crippen molar-refractivity contribution >= 4 is 17.2 Å². The van der Waals surface area contributed by atoms with Crippen molar-refractivity contribution in [2.75, 3.05) is 26.3 Å². The summed E-state index contributed by atoms with van der Waals surface area (Å²) in [5, 5.41) is 4.85. The van der Waals surface area contributed by atoms with Crippen LogP contribution in [0.4, 0.5) is 0 Å². The summed E-state index contributed by atoms with van der Waals surface area (Å²) in [5.74, 6) is 0.582. The van der Waals surface area contributed by atoms with Gasteiger partial charge in [0.15, 0.2) is 0 Å². The van der Waals surface area contributed by atoms with E-state index < -0.39 is 0 Å². The predicted molar refractivity (Wildman–Crippen MR) is 77.0 cm³/mol. The molecule has 0 aliphatic carbocycles. The van der Waals surface area contributed by atoms with E-state index in [1.807, 2.05) is 23.1 Å². The molecule has 1 aromatic carbocycles. The Labute approximate surface area is 116 Å². The first-order valence-electron chi connectivity index (χ1n) is 6.60. The highest BCUT2D eigenvalue weighted by molar-refractivity contribution is 5.77. The van der Waals surface area contributed by atoms with E-state index in [4.69, 9.17) is 4.74 Å². The van der Waals surface area contributed by atoms with E-state index in [0.29, 0.717) is 29.9 Å². The zero-order valence-electron chi connectivity index (χ0n) is 11.3. The van der Waals surface area contributed by atoms with E-state index in [1.165, 1.54) is 4.68 Å². The Hall–Kier alpha value is -2.21. The number of aromatic nitrogens is 2. The minimum absolute atomic E-state index is 0.141. The lowest BCUT2D eigenvalue weighted by Gasteiger charge is -2.24. The Morgan fingerprint density at radius 1 is 1.30 bits per heavy atom. The van der Waals surface area contributed by atoms with Gasteiger partial charge in [0.1, 0.15) is 12.2 Å². The minimum Gasteiger partial charge on any atom is -0.378 e. The second-order valence-electron chi connectivity index (χ2n) is 4.67. The van der Waals surface area contributed by atoms with Gasteiger partial charge < -0.3 is 9.64 Å². The fraction of sp³-hybridized carbons (Fsp3) is 0.357. The highest BCUT2D eigenvalue weighted by atomic mass is 16.5. The summed E-state index contributed by atoms with van der Waals surface area (Å²) in [6, 6.07) is 7.30. The molecule has 0 amide bonds. The monoisotopic (exact) mass is 272 g/mol. The minimum atomic E-state index is -0.141. The molecule has 1 saturated heterocycles. The van der Waals surface area contributed by atoms with Crippen LogP contribution >= 0.6 is 0 Å². The molecule has 0 radical (unpaired) electrons. The highest BCUT2D eigenvalue weighted by Crippen LogP contribution is 2.07. The molecule has 6 heteroatoms. The fourth-order valence-electron chi connectivity index (χ4n) is 2.19. The van der Waals surface area contributed by atoms with Gasteiger partial charge in [-0.1, -0.05) is 12.1 Å². The van der Waals surface area contributed by atoms with E-state index in [1.54, 1.807) is 19.3 Å². The average Bonchev–Trinajstić information content (AvgIpc) is 2.48. The SMILES string of the molecule is Cc1nc2ccccc2c(=O)n1N=CN1CCOCC1. The van der Waals surface area contributed by atoms with Crippen LogP contribution in [-0.2, 0) is 4.74 Å².